The van der Waals surface area contributed by atoms with E-state index in [2.05, 4.69) is 15.3 Å². The van der Waals surface area contributed by atoms with E-state index in [4.69, 9.17) is 0 Å². The molecular formula is C17H21N5O2. The van der Waals surface area contributed by atoms with E-state index in [-0.39, 0.29) is 11.8 Å². The maximum atomic E-state index is 12.7. The Morgan fingerprint density at radius 1 is 1.42 bits per heavy atom. The molecule has 7 heteroatoms. The van der Waals surface area contributed by atoms with Gasteiger partial charge >= 0.3 is 0 Å². The van der Waals surface area contributed by atoms with Gasteiger partial charge in [0.1, 0.15) is 17.6 Å². The topological polar surface area (TPSA) is 80.1 Å². The van der Waals surface area contributed by atoms with Gasteiger partial charge in [0.15, 0.2) is 0 Å². The third-order valence-corrected chi connectivity index (χ3v) is 4.20. The van der Waals surface area contributed by atoms with Gasteiger partial charge in [-0.05, 0) is 38.0 Å². The number of hydrogen-bond donors (Lipinski definition) is 1. The van der Waals surface area contributed by atoms with Crippen molar-refractivity contribution in [2.24, 2.45) is 7.05 Å². The van der Waals surface area contributed by atoms with Crippen molar-refractivity contribution < 1.29 is 9.59 Å². The molecule has 2 aromatic heterocycles. The highest BCUT2D eigenvalue weighted by Gasteiger charge is 2.30. The van der Waals surface area contributed by atoms with E-state index in [1.165, 1.54) is 0 Å². The third-order valence-electron chi connectivity index (χ3n) is 4.20. The lowest BCUT2D eigenvalue weighted by molar-refractivity contribution is -0.136. The van der Waals surface area contributed by atoms with Crippen LogP contribution < -0.4 is 5.32 Å². The van der Waals surface area contributed by atoms with Crippen LogP contribution in [0.25, 0.3) is 0 Å². The molecule has 3 heterocycles. The first-order valence-corrected chi connectivity index (χ1v) is 8.04. The first-order valence-electron chi connectivity index (χ1n) is 8.04. The van der Waals surface area contributed by atoms with E-state index < -0.39 is 6.04 Å². The molecule has 0 saturated carbocycles. The van der Waals surface area contributed by atoms with Crippen molar-refractivity contribution in [2.45, 2.75) is 32.4 Å². The molecule has 1 aliphatic rings. The number of aryl methyl sites for hydroxylation is 2. The summed E-state index contributed by atoms with van der Waals surface area (Å²) in [5.41, 5.74) is 1.36. The van der Waals surface area contributed by atoms with Crippen molar-refractivity contribution in [2.75, 3.05) is 6.54 Å². The minimum Gasteiger partial charge on any atom is -0.347 e. The van der Waals surface area contributed by atoms with Crippen LogP contribution in [0.1, 0.15) is 34.8 Å². The Kier molecular flexibility index (Phi) is 4.59. The number of rotatable bonds is 4. The number of carbonyl (C=O) groups is 2. The molecule has 0 aliphatic carbocycles. The zero-order chi connectivity index (χ0) is 17.1. The summed E-state index contributed by atoms with van der Waals surface area (Å²) < 4.78 is 1.74. The van der Waals surface area contributed by atoms with E-state index in [1.54, 1.807) is 41.0 Å². The quantitative estimate of drug-likeness (QED) is 0.910. The highest BCUT2D eigenvalue weighted by Crippen LogP contribution is 2.15. The molecule has 126 valence electrons. The number of nitrogens with zero attached hydrogens (tertiary/aromatic N) is 4. The van der Waals surface area contributed by atoms with Crippen LogP contribution in [-0.2, 0) is 18.4 Å². The zero-order valence-electron chi connectivity index (χ0n) is 13.9. The number of likely N-dealkylation sites (tertiary alicyclic amines) is 1. The normalized spacial score (nSPS) is 17.8. The largest absolute Gasteiger partial charge is 0.347 e. The first-order chi connectivity index (χ1) is 11.5. The second kappa shape index (κ2) is 6.82. The van der Waals surface area contributed by atoms with Crippen molar-refractivity contribution in [1.82, 2.24) is 24.8 Å². The van der Waals surface area contributed by atoms with E-state index in [1.807, 2.05) is 13.0 Å². The summed E-state index contributed by atoms with van der Waals surface area (Å²) in [6.45, 7) is 2.95. The number of carbonyl (C=O) groups excluding carboxylic acids is 2. The molecule has 24 heavy (non-hydrogen) atoms. The molecule has 2 aromatic rings. The highest BCUT2D eigenvalue weighted by atomic mass is 16.2. The molecular weight excluding hydrogens is 306 g/mol. The molecule has 0 radical (unpaired) electrons. The van der Waals surface area contributed by atoms with Gasteiger partial charge in [-0.1, -0.05) is 0 Å². The smallest absolute Gasteiger partial charge is 0.268 e. The summed E-state index contributed by atoms with van der Waals surface area (Å²) >= 11 is 0. The lowest BCUT2D eigenvalue weighted by atomic mass is 10.0. The number of hydrogen-bond acceptors (Lipinski definition) is 4. The molecule has 1 atom stereocenters. The van der Waals surface area contributed by atoms with Crippen molar-refractivity contribution in [1.29, 1.82) is 0 Å². The Balaban J connectivity index is 1.66. The van der Waals surface area contributed by atoms with Crippen LogP contribution in [0.4, 0.5) is 0 Å². The second-order valence-electron chi connectivity index (χ2n) is 6.03. The summed E-state index contributed by atoms with van der Waals surface area (Å²) in [4.78, 5) is 35.2. The summed E-state index contributed by atoms with van der Waals surface area (Å²) in [5, 5.41) is 2.86. The van der Waals surface area contributed by atoms with Gasteiger partial charge < -0.3 is 14.8 Å². The lowest BCUT2D eigenvalue weighted by Crippen LogP contribution is -2.52. The molecule has 0 spiro atoms. The Labute approximate surface area is 140 Å². The van der Waals surface area contributed by atoms with Crippen molar-refractivity contribution >= 4 is 11.8 Å². The Bertz CT molecular complexity index is 755. The molecule has 1 saturated heterocycles. The fourth-order valence-electron chi connectivity index (χ4n) is 2.95. The number of piperidine rings is 1. The highest BCUT2D eigenvalue weighted by molar-refractivity contribution is 5.96. The van der Waals surface area contributed by atoms with Gasteiger partial charge in [0, 0.05) is 26.0 Å². The van der Waals surface area contributed by atoms with E-state index in [9.17, 15) is 9.59 Å². The van der Waals surface area contributed by atoms with Gasteiger partial charge in [-0.3, -0.25) is 9.59 Å². The summed E-state index contributed by atoms with van der Waals surface area (Å²) in [6, 6.07) is 4.88. The average molecular weight is 327 g/mol. The second-order valence-corrected chi connectivity index (χ2v) is 6.03. The maximum absolute atomic E-state index is 12.7. The third kappa shape index (κ3) is 3.45. The van der Waals surface area contributed by atoms with Crippen LogP contribution in [0.3, 0.4) is 0 Å². The average Bonchev–Trinajstić information content (AvgIpc) is 2.97. The predicted molar refractivity (Wildman–Crippen MR) is 88.1 cm³/mol. The number of amides is 2. The Morgan fingerprint density at radius 2 is 2.25 bits per heavy atom. The zero-order valence-corrected chi connectivity index (χ0v) is 13.9. The fourth-order valence-corrected chi connectivity index (χ4v) is 2.95. The standard InChI is InChI=1S/C17H21N5O2/c1-12-18-8-7-13(19-12)11-22-10-3-5-14(17(22)24)20-16(23)15-6-4-9-21(15)2/h4,6-9,14H,3,5,10-11H2,1-2H3,(H,20,23). The SMILES string of the molecule is Cc1nccc(CN2CCCC(NC(=O)c3cccn3C)C2=O)n1. The van der Waals surface area contributed by atoms with Crippen molar-refractivity contribution in [3.05, 3.63) is 47.8 Å². The molecule has 0 bridgehead atoms. The van der Waals surface area contributed by atoms with Crippen LogP contribution in [0.5, 0.6) is 0 Å². The number of aromatic nitrogens is 3. The Morgan fingerprint density at radius 3 is 2.96 bits per heavy atom. The van der Waals surface area contributed by atoms with Gasteiger partial charge in [0.05, 0.1) is 12.2 Å². The van der Waals surface area contributed by atoms with Crippen molar-refractivity contribution in [3.63, 3.8) is 0 Å². The maximum Gasteiger partial charge on any atom is 0.268 e. The van der Waals surface area contributed by atoms with Gasteiger partial charge in [0.25, 0.3) is 5.91 Å². The van der Waals surface area contributed by atoms with Crippen LogP contribution in [-0.4, -0.2) is 43.8 Å². The van der Waals surface area contributed by atoms with Crippen LogP contribution >= 0.6 is 0 Å². The molecule has 1 fully saturated rings. The van der Waals surface area contributed by atoms with Gasteiger partial charge in [0.2, 0.25) is 5.91 Å². The van der Waals surface area contributed by atoms with Crippen molar-refractivity contribution in [3.8, 4) is 0 Å². The van der Waals surface area contributed by atoms with E-state index >= 15 is 0 Å². The van der Waals surface area contributed by atoms with E-state index in [0.717, 1.165) is 12.1 Å². The van der Waals surface area contributed by atoms with Gasteiger partial charge in [-0.2, -0.15) is 0 Å². The summed E-state index contributed by atoms with van der Waals surface area (Å²) in [5.74, 6) is 0.408. The molecule has 1 aliphatic heterocycles. The Hall–Kier alpha value is -2.70. The van der Waals surface area contributed by atoms with Crippen LogP contribution in [0.2, 0.25) is 0 Å². The fraction of sp³-hybridized carbons (Fsp3) is 0.412. The predicted octanol–water partition coefficient (Wildman–Crippen LogP) is 1.04. The number of nitrogens with one attached hydrogen (secondary N) is 1. The van der Waals surface area contributed by atoms with Crippen LogP contribution in [0.15, 0.2) is 30.6 Å². The molecule has 3 rings (SSSR count). The molecule has 0 aromatic carbocycles. The summed E-state index contributed by atoms with van der Waals surface area (Å²) in [7, 11) is 1.81. The minimum absolute atomic E-state index is 0.0555. The summed E-state index contributed by atoms with van der Waals surface area (Å²) in [6.07, 6.45) is 5.02. The lowest BCUT2D eigenvalue weighted by Gasteiger charge is -2.32. The van der Waals surface area contributed by atoms with Gasteiger partial charge in [-0.15, -0.1) is 0 Å². The van der Waals surface area contributed by atoms with E-state index in [0.29, 0.717) is 31.0 Å². The van der Waals surface area contributed by atoms with Gasteiger partial charge in [-0.25, -0.2) is 9.97 Å². The monoisotopic (exact) mass is 327 g/mol. The molecule has 1 N–H and O–H groups in total. The molecule has 1 unspecified atom stereocenters. The molecule has 7 nitrogen and oxygen atoms in total. The van der Waals surface area contributed by atoms with Crippen LogP contribution in [0, 0.1) is 6.92 Å². The minimum atomic E-state index is -0.482. The molecule has 2 amide bonds. The first kappa shape index (κ1) is 16.2.